The van der Waals surface area contributed by atoms with Crippen molar-refractivity contribution < 1.29 is 59.4 Å². The Morgan fingerprint density at radius 3 is 1.14 bits per heavy atom. The van der Waals surface area contributed by atoms with E-state index >= 15 is 0 Å². The molecule has 0 fully saturated rings. The van der Waals surface area contributed by atoms with Crippen molar-refractivity contribution in [3.05, 3.63) is 133 Å². The maximum atomic E-state index is 12.8. The van der Waals surface area contributed by atoms with E-state index in [1.165, 1.54) is 45.8 Å². The molecule has 0 N–H and O–H groups in total. The van der Waals surface area contributed by atoms with E-state index in [9.17, 15) is 8.78 Å². The van der Waals surface area contributed by atoms with Crippen LogP contribution in [0.15, 0.2) is 121 Å². The minimum atomic E-state index is -0.195. The van der Waals surface area contributed by atoms with Crippen molar-refractivity contribution in [3.8, 4) is 22.3 Å². The van der Waals surface area contributed by atoms with Crippen molar-refractivity contribution in [2.45, 2.75) is 0 Å². The summed E-state index contributed by atoms with van der Waals surface area (Å²) in [6.07, 6.45) is 0. The first-order valence-electron chi connectivity index (χ1n) is 10.5. The summed E-state index contributed by atoms with van der Waals surface area (Å²) in [5.74, 6) is -0.389. The van der Waals surface area contributed by atoms with Gasteiger partial charge in [-0.15, -0.1) is 69.1 Å². The molecule has 0 saturated carbocycles. The number of hydrogen-bond acceptors (Lipinski definition) is 0. The monoisotopic (exact) mass is 668 g/mol. The van der Waals surface area contributed by atoms with E-state index < -0.39 is 0 Å². The quantitative estimate of drug-likeness (QED) is 0.197. The Balaban J connectivity index is 0.000000227. The predicted molar refractivity (Wildman–Crippen MR) is 130 cm³/mol. The molecule has 0 saturated heterocycles. The van der Waals surface area contributed by atoms with Gasteiger partial charge in [-0.05, 0) is 24.3 Å². The zero-order valence-corrected chi connectivity index (χ0v) is 23.7. The number of fused-ring (bicyclic) bond motifs is 2. The fraction of sp³-hybridized carbons (Fsp3) is 0. The topological polar surface area (TPSA) is 0 Å². The molecule has 172 valence electrons. The molecule has 0 aliphatic heterocycles. The van der Waals surface area contributed by atoms with Gasteiger partial charge >= 0.3 is 25.8 Å². The Bertz CT molecular complexity index is 1300. The Hall–Kier alpha value is -2.59. The predicted octanol–water partition coefficient (Wildman–Crippen LogP) is 2.74. The molecule has 0 unspecified atom stereocenters. The first-order valence-corrected chi connectivity index (χ1v) is 10.5. The van der Waals surface area contributed by atoms with Gasteiger partial charge in [-0.3, -0.25) is 0 Å². The fourth-order valence-electron chi connectivity index (χ4n) is 3.92. The summed E-state index contributed by atoms with van der Waals surface area (Å²) in [5.41, 5.74) is 4.39. The van der Waals surface area contributed by atoms with Crippen LogP contribution in [-0.4, -0.2) is 0 Å². The second-order valence-electron chi connectivity index (χ2n) is 7.76. The van der Waals surface area contributed by atoms with E-state index in [-0.39, 0.29) is 62.3 Å². The van der Waals surface area contributed by atoms with Gasteiger partial charge in [0.15, 0.2) is 0 Å². The third kappa shape index (κ3) is 6.76. The first kappa shape index (κ1) is 28.6. The molecule has 0 aromatic heterocycles. The number of hydrogen-bond donors (Lipinski definition) is 0. The van der Waals surface area contributed by atoms with Crippen LogP contribution in [0.2, 0.25) is 0 Å². The zero-order chi connectivity index (χ0) is 21.9. The Kier molecular flexibility index (Phi) is 10.6. The third-order valence-corrected chi connectivity index (χ3v) is 5.59. The zero-order valence-electron chi connectivity index (χ0n) is 18.6. The molecule has 35 heavy (non-hydrogen) atoms. The normalized spacial score (nSPS) is 9.89. The number of halogens is 4. The van der Waals surface area contributed by atoms with Gasteiger partial charge < -0.3 is 24.8 Å². The van der Waals surface area contributed by atoms with E-state index in [0.717, 1.165) is 22.3 Å². The average Bonchev–Trinajstić information content (AvgIpc) is 3.45. The van der Waals surface area contributed by atoms with Crippen molar-refractivity contribution >= 4 is 21.5 Å². The molecule has 0 amide bonds. The number of benzene rings is 4. The number of rotatable bonds is 2. The SMILES string of the molecule is Fc1ccc(-c2cc3ccccc3[cH-]2)cc1.Fc1ccc(-c2cc3ccccc3[cH-]2)cc1.[Cl-].[Cl-].[Hf+4]. The average molecular weight is 668 g/mol. The second-order valence-corrected chi connectivity index (χ2v) is 7.76. The smallest absolute Gasteiger partial charge is 1.00 e. The molecule has 6 rings (SSSR count). The summed E-state index contributed by atoms with van der Waals surface area (Å²) in [6, 6.07) is 38.2. The molecular formula is C30H20Cl2F2Hf. The molecule has 0 aliphatic carbocycles. The van der Waals surface area contributed by atoms with Crippen LogP contribution in [0.4, 0.5) is 8.78 Å². The van der Waals surface area contributed by atoms with Crippen molar-refractivity contribution in [2.24, 2.45) is 0 Å². The summed E-state index contributed by atoms with van der Waals surface area (Å²) in [5, 5.41) is 4.90. The van der Waals surface area contributed by atoms with Crippen LogP contribution in [0.3, 0.4) is 0 Å². The van der Waals surface area contributed by atoms with Gasteiger partial charge in [0.25, 0.3) is 0 Å². The molecule has 0 heterocycles. The third-order valence-electron chi connectivity index (χ3n) is 5.59. The molecule has 0 nitrogen and oxygen atoms in total. The van der Waals surface area contributed by atoms with Crippen LogP contribution in [0.1, 0.15) is 0 Å². The van der Waals surface area contributed by atoms with Gasteiger partial charge in [0.1, 0.15) is 11.6 Å². The largest absolute Gasteiger partial charge is 4.00 e. The molecular weight excluding hydrogens is 648 g/mol. The minimum Gasteiger partial charge on any atom is -1.00 e. The Labute approximate surface area is 234 Å². The van der Waals surface area contributed by atoms with Crippen LogP contribution in [0, 0.1) is 11.6 Å². The molecule has 0 bridgehead atoms. The molecule has 5 heteroatoms. The van der Waals surface area contributed by atoms with E-state index in [0.29, 0.717) is 0 Å². The molecule has 0 radical (unpaired) electrons. The molecule has 0 spiro atoms. The van der Waals surface area contributed by atoms with Crippen LogP contribution < -0.4 is 24.8 Å². The van der Waals surface area contributed by atoms with Gasteiger partial charge in [0.05, 0.1) is 0 Å². The van der Waals surface area contributed by atoms with Crippen molar-refractivity contribution in [1.82, 2.24) is 0 Å². The van der Waals surface area contributed by atoms with E-state index in [1.807, 2.05) is 48.5 Å². The second kappa shape index (κ2) is 12.9. The van der Waals surface area contributed by atoms with Crippen LogP contribution in [-0.2, 0) is 25.8 Å². The van der Waals surface area contributed by atoms with Crippen molar-refractivity contribution in [1.29, 1.82) is 0 Å². The van der Waals surface area contributed by atoms with Gasteiger partial charge in [-0.25, -0.2) is 8.78 Å². The van der Waals surface area contributed by atoms with E-state index in [1.54, 1.807) is 0 Å². The summed E-state index contributed by atoms with van der Waals surface area (Å²) < 4.78 is 25.6. The standard InChI is InChI=1S/2C15H10F.2ClH.Hf/c2*16-15-7-5-11(6-8-15)14-9-12-3-1-2-4-13(12)10-14;;;/h2*1-10H;2*1H;/q2*-1;;;+4/p-2. The summed E-state index contributed by atoms with van der Waals surface area (Å²) in [4.78, 5) is 0. The molecule has 6 aromatic rings. The summed E-state index contributed by atoms with van der Waals surface area (Å²) in [7, 11) is 0. The summed E-state index contributed by atoms with van der Waals surface area (Å²) in [6.45, 7) is 0. The van der Waals surface area contributed by atoms with Gasteiger partial charge in [0.2, 0.25) is 0 Å². The fourth-order valence-corrected chi connectivity index (χ4v) is 3.92. The van der Waals surface area contributed by atoms with Crippen LogP contribution >= 0.6 is 0 Å². The van der Waals surface area contributed by atoms with Crippen molar-refractivity contribution in [2.75, 3.05) is 0 Å². The Morgan fingerprint density at radius 2 is 0.800 bits per heavy atom. The van der Waals surface area contributed by atoms with Crippen LogP contribution in [0.25, 0.3) is 43.8 Å². The summed E-state index contributed by atoms with van der Waals surface area (Å²) >= 11 is 0. The van der Waals surface area contributed by atoms with Gasteiger partial charge in [0, 0.05) is 0 Å². The molecule has 0 aliphatic rings. The maximum absolute atomic E-state index is 12.8. The van der Waals surface area contributed by atoms with Gasteiger partial charge in [-0.2, -0.15) is 0 Å². The first-order chi connectivity index (χ1) is 15.7. The van der Waals surface area contributed by atoms with E-state index in [2.05, 4.69) is 48.5 Å². The molecule has 6 aromatic carbocycles. The minimum absolute atomic E-state index is 0. The van der Waals surface area contributed by atoms with Crippen LogP contribution in [0.5, 0.6) is 0 Å². The van der Waals surface area contributed by atoms with E-state index in [4.69, 9.17) is 0 Å². The maximum Gasteiger partial charge on any atom is 4.00 e. The molecule has 0 atom stereocenters. The van der Waals surface area contributed by atoms with Gasteiger partial charge in [-0.1, -0.05) is 71.8 Å². The Morgan fingerprint density at radius 1 is 0.457 bits per heavy atom. The van der Waals surface area contributed by atoms with Crippen molar-refractivity contribution in [3.63, 3.8) is 0 Å².